The van der Waals surface area contributed by atoms with Crippen LogP contribution < -0.4 is 10.1 Å². The second-order valence-corrected chi connectivity index (χ2v) is 10.2. The van der Waals surface area contributed by atoms with Crippen LogP contribution in [0.25, 0.3) is 11.0 Å². The molecule has 1 aliphatic carbocycles. The highest BCUT2D eigenvalue weighted by molar-refractivity contribution is 6.31. The van der Waals surface area contributed by atoms with E-state index in [9.17, 15) is 9.18 Å². The highest BCUT2D eigenvalue weighted by atomic mass is 35.5. The van der Waals surface area contributed by atoms with Gasteiger partial charge in [-0.1, -0.05) is 23.2 Å². The number of aromatic nitrogens is 2. The van der Waals surface area contributed by atoms with Gasteiger partial charge in [-0.2, -0.15) is 0 Å². The Bertz CT molecular complexity index is 1190. The first kappa shape index (κ1) is 23.5. The molecule has 34 heavy (non-hydrogen) atoms. The number of Topliss-reactive ketones (excluding diaryl/α,β-unsaturated/α-hetero) is 1. The zero-order valence-corrected chi connectivity index (χ0v) is 20.1. The first-order valence-corrected chi connectivity index (χ1v) is 12.3. The minimum absolute atomic E-state index is 0.0397. The molecule has 0 spiro atoms. The number of ether oxygens (including phenoxy) is 2. The molecule has 0 unspecified atom stereocenters. The number of imidazole rings is 1. The topological polar surface area (TPSA) is 76.2 Å². The molecule has 5 rings (SSSR count). The van der Waals surface area contributed by atoms with E-state index in [1.54, 1.807) is 18.2 Å². The maximum absolute atomic E-state index is 13.8. The zero-order chi connectivity index (χ0) is 23.7. The van der Waals surface area contributed by atoms with Crippen molar-refractivity contribution in [2.45, 2.75) is 43.7 Å². The van der Waals surface area contributed by atoms with E-state index in [4.69, 9.17) is 32.7 Å². The molecular formula is C25H26Cl2FN3O3. The average molecular weight is 506 g/mol. The lowest BCUT2D eigenvalue weighted by atomic mass is 9.83. The SMILES string of the molecule is O=C(CC1CCC(NCC2(Oc3ccc(Cl)c(F)c3)COC2)CC1)c1nc2ccc(Cl)cc2[nH]1. The van der Waals surface area contributed by atoms with Crippen molar-refractivity contribution >= 4 is 40.0 Å². The van der Waals surface area contributed by atoms with E-state index in [-0.39, 0.29) is 10.8 Å². The number of hydrogen-bond donors (Lipinski definition) is 2. The molecule has 1 aromatic heterocycles. The first-order valence-electron chi connectivity index (χ1n) is 11.5. The predicted molar refractivity (Wildman–Crippen MR) is 129 cm³/mol. The van der Waals surface area contributed by atoms with Gasteiger partial charge < -0.3 is 19.8 Å². The van der Waals surface area contributed by atoms with Crippen LogP contribution in [0.2, 0.25) is 10.0 Å². The minimum Gasteiger partial charge on any atom is -0.481 e. The molecule has 180 valence electrons. The van der Waals surface area contributed by atoms with Crippen LogP contribution >= 0.6 is 23.2 Å². The van der Waals surface area contributed by atoms with Crippen molar-refractivity contribution < 1.29 is 18.7 Å². The van der Waals surface area contributed by atoms with E-state index in [1.165, 1.54) is 12.1 Å². The summed E-state index contributed by atoms with van der Waals surface area (Å²) in [4.78, 5) is 20.3. The Morgan fingerprint density at radius 2 is 1.97 bits per heavy atom. The molecule has 1 saturated carbocycles. The number of carbonyl (C=O) groups excluding carboxylic acids is 1. The van der Waals surface area contributed by atoms with E-state index in [0.29, 0.717) is 54.7 Å². The molecule has 6 nitrogen and oxygen atoms in total. The summed E-state index contributed by atoms with van der Waals surface area (Å²) in [6.07, 6.45) is 4.41. The molecule has 1 aliphatic heterocycles. The molecule has 2 aliphatic rings. The van der Waals surface area contributed by atoms with Gasteiger partial charge >= 0.3 is 0 Å². The third-order valence-corrected chi connectivity index (χ3v) is 7.24. The molecule has 0 amide bonds. The average Bonchev–Trinajstić information content (AvgIpc) is 3.22. The molecule has 2 heterocycles. The maximum atomic E-state index is 13.8. The van der Waals surface area contributed by atoms with Gasteiger partial charge in [0.25, 0.3) is 0 Å². The van der Waals surface area contributed by atoms with E-state index in [0.717, 1.165) is 36.7 Å². The summed E-state index contributed by atoms with van der Waals surface area (Å²) >= 11 is 11.8. The van der Waals surface area contributed by atoms with Gasteiger partial charge in [0.15, 0.2) is 17.2 Å². The second-order valence-electron chi connectivity index (χ2n) is 9.33. The number of carbonyl (C=O) groups is 1. The van der Waals surface area contributed by atoms with Crippen LogP contribution in [0.15, 0.2) is 36.4 Å². The molecular weight excluding hydrogens is 480 g/mol. The fourth-order valence-electron chi connectivity index (χ4n) is 4.69. The lowest BCUT2D eigenvalue weighted by molar-refractivity contribution is -0.159. The van der Waals surface area contributed by atoms with Crippen molar-refractivity contribution in [2.24, 2.45) is 5.92 Å². The lowest BCUT2D eigenvalue weighted by Crippen LogP contribution is -2.61. The van der Waals surface area contributed by atoms with Crippen molar-refractivity contribution in [2.75, 3.05) is 19.8 Å². The maximum Gasteiger partial charge on any atom is 0.198 e. The lowest BCUT2D eigenvalue weighted by Gasteiger charge is -2.43. The summed E-state index contributed by atoms with van der Waals surface area (Å²) in [6, 6.07) is 10.2. The largest absolute Gasteiger partial charge is 0.481 e. The summed E-state index contributed by atoms with van der Waals surface area (Å²) in [5, 5.41) is 4.28. The fraction of sp³-hybridized carbons (Fsp3) is 0.440. The van der Waals surface area contributed by atoms with Crippen LogP contribution in [0.5, 0.6) is 5.75 Å². The van der Waals surface area contributed by atoms with Gasteiger partial charge in [-0.05, 0) is 61.9 Å². The van der Waals surface area contributed by atoms with E-state index in [2.05, 4.69) is 15.3 Å². The van der Waals surface area contributed by atoms with E-state index in [1.807, 2.05) is 6.07 Å². The molecule has 2 N–H and O–H groups in total. The Hall–Kier alpha value is -2.19. The molecule has 2 fully saturated rings. The predicted octanol–water partition coefficient (Wildman–Crippen LogP) is 5.58. The molecule has 0 radical (unpaired) electrons. The number of benzene rings is 2. The summed E-state index contributed by atoms with van der Waals surface area (Å²) in [6.45, 7) is 1.53. The van der Waals surface area contributed by atoms with Gasteiger partial charge in [-0.3, -0.25) is 4.79 Å². The number of ketones is 1. The second kappa shape index (κ2) is 9.82. The Morgan fingerprint density at radius 1 is 1.18 bits per heavy atom. The van der Waals surface area contributed by atoms with Gasteiger partial charge in [-0.15, -0.1) is 0 Å². The van der Waals surface area contributed by atoms with Crippen LogP contribution in [0.4, 0.5) is 4.39 Å². The molecule has 2 aromatic carbocycles. The van der Waals surface area contributed by atoms with E-state index >= 15 is 0 Å². The van der Waals surface area contributed by atoms with Crippen LogP contribution in [0.1, 0.15) is 42.7 Å². The highest BCUT2D eigenvalue weighted by Gasteiger charge is 2.42. The molecule has 3 aromatic rings. The summed E-state index contributed by atoms with van der Waals surface area (Å²) < 4.78 is 25.2. The third kappa shape index (κ3) is 5.23. The zero-order valence-electron chi connectivity index (χ0n) is 18.6. The summed E-state index contributed by atoms with van der Waals surface area (Å²) in [7, 11) is 0. The molecule has 0 bridgehead atoms. The Labute approximate surface area is 207 Å². The number of hydrogen-bond acceptors (Lipinski definition) is 5. The van der Waals surface area contributed by atoms with Gasteiger partial charge in [0.1, 0.15) is 11.6 Å². The number of H-pyrrole nitrogens is 1. The van der Waals surface area contributed by atoms with Crippen LogP contribution in [0.3, 0.4) is 0 Å². The smallest absolute Gasteiger partial charge is 0.198 e. The van der Waals surface area contributed by atoms with Crippen LogP contribution in [0, 0.1) is 11.7 Å². The first-order chi connectivity index (χ1) is 16.4. The number of aromatic amines is 1. The summed E-state index contributed by atoms with van der Waals surface area (Å²) in [5.41, 5.74) is 1.02. The molecule has 9 heteroatoms. The van der Waals surface area contributed by atoms with Crippen molar-refractivity contribution in [1.29, 1.82) is 0 Å². The van der Waals surface area contributed by atoms with Crippen LogP contribution in [-0.4, -0.2) is 47.2 Å². The normalized spacial score (nSPS) is 21.9. The Balaban J connectivity index is 1.10. The number of halogens is 3. The third-order valence-electron chi connectivity index (χ3n) is 6.70. The van der Waals surface area contributed by atoms with Crippen molar-refractivity contribution in [3.05, 3.63) is 58.1 Å². The van der Waals surface area contributed by atoms with Gasteiger partial charge in [-0.25, -0.2) is 9.37 Å². The van der Waals surface area contributed by atoms with Gasteiger partial charge in [0, 0.05) is 30.1 Å². The highest BCUT2D eigenvalue weighted by Crippen LogP contribution is 2.31. The van der Waals surface area contributed by atoms with Gasteiger partial charge in [0.2, 0.25) is 0 Å². The number of nitrogens with one attached hydrogen (secondary N) is 2. The van der Waals surface area contributed by atoms with Gasteiger partial charge in [0.05, 0.1) is 29.3 Å². The number of rotatable bonds is 8. The summed E-state index contributed by atoms with van der Waals surface area (Å²) in [5.74, 6) is 0.735. The molecule has 1 saturated heterocycles. The van der Waals surface area contributed by atoms with Crippen molar-refractivity contribution in [1.82, 2.24) is 15.3 Å². The monoisotopic (exact) mass is 505 g/mol. The van der Waals surface area contributed by atoms with Crippen molar-refractivity contribution in [3.8, 4) is 5.75 Å². The van der Waals surface area contributed by atoms with Crippen molar-refractivity contribution in [3.63, 3.8) is 0 Å². The van der Waals surface area contributed by atoms with Crippen LogP contribution in [-0.2, 0) is 4.74 Å². The standard InChI is InChI=1S/C25H26Cl2FN3O3/c26-16-3-8-21-22(10-16)31-24(30-21)23(32)9-15-1-4-17(5-2-15)29-12-25(13-33-14-25)34-18-6-7-19(27)20(28)11-18/h3,6-8,10-11,15,17,29H,1-2,4-5,9,12-14H2,(H,30,31). The Kier molecular flexibility index (Phi) is 6.80. The quantitative estimate of drug-likeness (QED) is 0.391. The number of fused-ring (bicyclic) bond motifs is 1. The van der Waals surface area contributed by atoms with E-state index < -0.39 is 11.4 Å². The minimum atomic E-state index is -0.503. The number of nitrogens with zero attached hydrogens (tertiary/aromatic N) is 1. The Morgan fingerprint density at radius 3 is 2.68 bits per heavy atom. The fourth-order valence-corrected chi connectivity index (χ4v) is 4.98. The molecule has 0 atom stereocenters.